The van der Waals surface area contributed by atoms with Crippen molar-refractivity contribution in [2.45, 2.75) is 72.4 Å². The lowest BCUT2D eigenvalue weighted by Crippen LogP contribution is -2.66. The standard InChI is InChI=1S/C14H34ClNSi2/c1-13(2,3)18(9,10)16(17(6,7)8)12-14(4,5)11-15/h11-12H2,1-10H3. The summed E-state index contributed by atoms with van der Waals surface area (Å²) in [5.74, 6) is 0.739. The second kappa shape index (κ2) is 5.59. The molecule has 0 bridgehead atoms. The highest BCUT2D eigenvalue weighted by atomic mass is 35.5. The monoisotopic (exact) mass is 307 g/mol. The Morgan fingerprint density at radius 2 is 1.28 bits per heavy atom. The Labute approximate surface area is 122 Å². The lowest BCUT2D eigenvalue weighted by Gasteiger charge is -2.54. The van der Waals surface area contributed by atoms with Crippen molar-refractivity contribution in [3.8, 4) is 0 Å². The highest BCUT2D eigenvalue weighted by molar-refractivity contribution is 6.91. The van der Waals surface area contributed by atoms with Gasteiger partial charge in [0.05, 0.1) is 0 Å². The van der Waals surface area contributed by atoms with Gasteiger partial charge in [0.15, 0.2) is 0 Å². The summed E-state index contributed by atoms with van der Waals surface area (Å²) in [6, 6.07) is 0. The average Bonchev–Trinajstić information content (AvgIpc) is 2.10. The van der Waals surface area contributed by atoms with Crippen molar-refractivity contribution < 1.29 is 0 Å². The van der Waals surface area contributed by atoms with Gasteiger partial charge in [-0.1, -0.05) is 67.4 Å². The third kappa shape index (κ3) is 4.66. The summed E-state index contributed by atoms with van der Waals surface area (Å²) in [6.07, 6.45) is 0. The predicted molar refractivity (Wildman–Crippen MR) is 91.8 cm³/mol. The van der Waals surface area contributed by atoms with Crippen LogP contribution >= 0.6 is 11.6 Å². The molecule has 110 valence electrons. The third-order valence-electron chi connectivity index (χ3n) is 4.27. The first-order valence-corrected chi connectivity index (χ1v) is 13.9. The molecule has 0 amide bonds. The molecule has 0 saturated carbocycles. The zero-order chi connectivity index (χ0) is 15.0. The van der Waals surface area contributed by atoms with Gasteiger partial charge in [-0.2, -0.15) is 0 Å². The summed E-state index contributed by atoms with van der Waals surface area (Å²) in [5, 5.41) is 0.398. The average molecular weight is 308 g/mol. The van der Waals surface area contributed by atoms with Gasteiger partial charge >= 0.3 is 0 Å². The Morgan fingerprint density at radius 1 is 0.889 bits per heavy atom. The largest absolute Gasteiger partial charge is 0.345 e. The number of alkyl halides is 1. The molecule has 0 saturated heterocycles. The van der Waals surface area contributed by atoms with Gasteiger partial charge in [0.1, 0.15) is 16.5 Å². The molecular weight excluding hydrogens is 274 g/mol. The summed E-state index contributed by atoms with van der Waals surface area (Å²) >= 11 is 6.16. The molecular formula is C14H34ClNSi2. The van der Waals surface area contributed by atoms with Gasteiger partial charge in [-0.25, -0.2) is 0 Å². The second-order valence-electron chi connectivity index (χ2n) is 8.86. The summed E-state index contributed by atoms with van der Waals surface area (Å²) in [7, 11) is -2.78. The zero-order valence-electron chi connectivity index (χ0n) is 14.2. The van der Waals surface area contributed by atoms with Crippen LogP contribution in [0.4, 0.5) is 0 Å². The van der Waals surface area contributed by atoms with Gasteiger partial charge in [0, 0.05) is 5.88 Å². The van der Waals surface area contributed by atoms with E-state index in [1.807, 2.05) is 0 Å². The van der Waals surface area contributed by atoms with Crippen LogP contribution in [-0.4, -0.2) is 33.1 Å². The van der Waals surface area contributed by atoms with Crippen molar-refractivity contribution >= 4 is 28.1 Å². The van der Waals surface area contributed by atoms with Crippen LogP contribution in [0.3, 0.4) is 0 Å². The van der Waals surface area contributed by atoms with Crippen LogP contribution in [0.5, 0.6) is 0 Å². The molecule has 0 N–H and O–H groups in total. The first kappa shape index (κ1) is 18.7. The molecule has 0 heterocycles. The first-order chi connectivity index (χ1) is 7.65. The number of rotatable bonds is 5. The molecule has 18 heavy (non-hydrogen) atoms. The molecule has 0 rings (SSSR count). The normalized spacial score (nSPS) is 15.3. The van der Waals surface area contributed by atoms with E-state index in [2.05, 4.69) is 71.6 Å². The Balaban J connectivity index is 5.41. The second-order valence-corrected chi connectivity index (χ2v) is 19.6. The van der Waals surface area contributed by atoms with Crippen molar-refractivity contribution in [3.63, 3.8) is 0 Å². The topological polar surface area (TPSA) is 3.24 Å². The van der Waals surface area contributed by atoms with E-state index in [-0.39, 0.29) is 5.41 Å². The number of halogens is 1. The van der Waals surface area contributed by atoms with Gasteiger partial charge in [0.2, 0.25) is 0 Å². The van der Waals surface area contributed by atoms with Gasteiger partial charge in [0.25, 0.3) is 0 Å². The lowest BCUT2D eigenvalue weighted by atomic mass is 9.97. The van der Waals surface area contributed by atoms with Crippen LogP contribution in [0.2, 0.25) is 37.8 Å². The van der Waals surface area contributed by atoms with Crippen LogP contribution in [0.15, 0.2) is 0 Å². The minimum Gasteiger partial charge on any atom is -0.345 e. The summed E-state index contributed by atoms with van der Waals surface area (Å²) in [6.45, 7) is 25.4. The molecule has 0 aliphatic rings. The third-order valence-corrected chi connectivity index (χ3v) is 15.6. The van der Waals surface area contributed by atoms with E-state index in [0.717, 1.165) is 12.4 Å². The first-order valence-electron chi connectivity index (χ1n) is 6.99. The minimum absolute atomic E-state index is 0.206. The van der Waals surface area contributed by atoms with Crippen molar-refractivity contribution in [2.24, 2.45) is 5.41 Å². The van der Waals surface area contributed by atoms with Crippen molar-refractivity contribution in [1.82, 2.24) is 4.23 Å². The fraction of sp³-hybridized carbons (Fsp3) is 1.00. The quantitative estimate of drug-likeness (QED) is 0.486. The number of nitrogens with zero attached hydrogens (tertiary/aromatic N) is 1. The summed E-state index contributed by atoms with van der Waals surface area (Å²) in [4.78, 5) is 0. The fourth-order valence-corrected chi connectivity index (χ4v) is 12.5. The Morgan fingerprint density at radius 3 is 1.50 bits per heavy atom. The molecule has 0 unspecified atom stereocenters. The van der Waals surface area contributed by atoms with Gasteiger partial charge in [-0.15, -0.1) is 11.6 Å². The van der Waals surface area contributed by atoms with E-state index in [4.69, 9.17) is 11.6 Å². The maximum Gasteiger partial charge on any atom is 0.120 e. The van der Waals surface area contributed by atoms with E-state index in [1.165, 1.54) is 0 Å². The zero-order valence-corrected chi connectivity index (χ0v) is 17.0. The molecule has 0 aromatic rings. The Kier molecular flexibility index (Phi) is 5.80. The van der Waals surface area contributed by atoms with Gasteiger partial charge in [-0.3, -0.25) is 0 Å². The number of hydrogen-bond donors (Lipinski definition) is 0. The molecule has 0 atom stereocenters. The van der Waals surface area contributed by atoms with Crippen LogP contribution in [0.1, 0.15) is 34.6 Å². The molecule has 0 aromatic heterocycles. The minimum atomic E-state index is -1.46. The van der Waals surface area contributed by atoms with Crippen molar-refractivity contribution in [3.05, 3.63) is 0 Å². The highest BCUT2D eigenvalue weighted by Crippen LogP contribution is 2.41. The molecule has 1 nitrogen and oxygen atoms in total. The smallest absolute Gasteiger partial charge is 0.120 e. The summed E-state index contributed by atoms with van der Waals surface area (Å²) < 4.78 is 2.89. The maximum absolute atomic E-state index is 6.16. The molecule has 4 heteroatoms. The fourth-order valence-electron chi connectivity index (χ4n) is 2.15. The van der Waals surface area contributed by atoms with Crippen LogP contribution in [-0.2, 0) is 0 Å². The van der Waals surface area contributed by atoms with Crippen LogP contribution in [0.25, 0.3) is 0 Å². The molecule has 0 aliphatic heterocycles. The van der Waals surface area contributed by atoms with Gasteiger partial charge in [-0.05, 0) is 17.0 Å². The van der Waals surface area contributed by atoms with E-state index >= 15 is 0 Å². The molecule has 0 radical (unpaired) electrons. The van der Waals surface area contributed by atoms with Crippen LogP contribution in [0, 0.1) is 5.41 Å². The SMILES string of the molecule is CC(C)(CCl)CN([Si](C)(C)C)[Si](C)(C)C(C)(C)C. The number of hydrogen-bond acceptors (Lipinski definition) is 1. The van der Waals surface area contributed by atoms with E-state index in [0.29, 0.717) is 5.04 Å². The summed E-state index contributed by atoms with van der Waals surface area (Å²) in [5.41, 5.74) is 0.206. The maximum atomic E-state index is 6.16. The highest BCUT2D eigenvalue weighted by Gasteiger charge is 2.46. The molecule has 0 fully saturated rings. The van der Waals surface area contributed by atoms with E-state index in [1.54, 1.807) is 0 Å². The van der Waals surface area contributed by atoms with Crippen molar-refractivity contribution in [2.75, 3.05) is 12.4 Å². The van der Waals surface area contributed by atoms with Gasteiger partial charge < -0.3 is 4.23 Å². The van der Waals surface area contributed by atoms with Crippen molar-refractivity contribution in [1.29, 1.82) is 0 Å². The van der Waals surface area contributed by atoms with Crippen LogP contribution < -0.4 is 0 Å². The molecule has 0 aliphatic carbocycles. The Hall–Kier alpha value is 0.684. The predicted octanol–water partition coefficient (Wildman–Crippen LogP) is 5.39. The van der Waals surface area contributed by atoms with E-state index < -0.39 is 16.5 Å². The molecule has 0 aromatic carbocycles. The molecule has 0 spiro atoms. The Bertz CT molecular complexity index is 274. The lowest BCUT2D eigenvalue weighted by molar-refractivity contribution is 0.341. The van der Waals surface area contributed by atoms with E-state index in [9.17, 15) is 0 Å².